The van der Waals surface area contributed by atoms with Crippen molar-refractivity contribution in [3.63, 3.8) is 0 Å². The first-order valence-electron chi connectivity index (χ1n) is 9.23. The number of nitrogens with one attached hydrogen (secondary N) is 1. The fourth-order valence-corrected chi connectivity index (χ4v) is 3.66. The number of likely N-dealkylation sites (tertiary alicyclic amines) is 1. The number of quaternary nitrogens is 1. The molecule has 1 aliphatic rings. The Kier molecular flexibility index (Phi) is 13.8. The summed E-state index contributed by atoms with van der Waals surface area (Å²) in [5.41, 5.74) is 0. The molecular formula is C18H38FN. The average molecular weight is 288 g/mol. The minimum atomic E-state index is 0. The van der Waals surface area contributed by atoms with Crippen molar-refractivity contribution in [1.82, 2.24) is 0 Å². The minimum absolute atomic E-state index is 0. The fraction of sp³-hybridized carbons (Fsp3) is 1.00. The van der Waals surface area contributed by atoms with Crippen molar-refractivity contribution in [3.05, 3.63) is 0 Å². The molecule has 122 valence electrons. The molecule has 1 nitrogen and oxygen atoms in total. The SMILES string of the molecule is CCCCCCCCCC[NH+]1CCCCC1CCC.[F-]. The Labute approximate surface area is 126 Å². The minimum Gasteiger partial charge on any atom is -1.00 e. The van der Waals surface area contributed by atoms with Crippen LogP contribution in [0.15, 0.2) is 0 Å². The Hall–Kier alpha value is -0.110. The Morgan fingerprint density at radius 3 is 2.10 bits per heavy atom. The maximum Gasteiger partial charge on any atom is 0.0874 e. The number of halogens is 1. The zero-order chi connectivity index (χ0) is 13.8. The van der Waals surface area contributed by atoms with E-state index in [9.17, 15) is 0 Å². The molecule has 0 aromatic carbocycles. The van der Waals surface area contributed by atoms with Gasteiger partial charge in [-0.2, -0.15) is 0 Å². The second-order valence-electron chi connectivity index (χ2n) is 6.61. The summed E-state index contributed by atoms with van der Waals surface area (Å²) in [4.78, 5) is 1.94. The highest BCUT2D eigenvalue weighted by molar-refractivity contribution is 4.61. The summed E-state index contributed by atoms with van der Waals surface area (Å²) in [7, 11) is 0. The van der Waals surface area contributed by atoms with E-state index in [1.54, 1.807) is 0 Å². The van der Waals surface area contributed by atoms with Crippen LogP contribution in [0.2, 0.25) is 0 Å². The highest BCUT2D eigenvalue weighted by atomic mass is 19.0. The molecule has 0 aromatic rings. The summed E-state index contributed by atoms with van der Waals surface area (Å²) >= 11 is 0. The van der Waals surface area contributed by atoms with Crippen molar-refractivity contribution in [2.75, 3.05) is 13.1 Å². The van der Waals surface area contributed by atoms with Crippen molar-refractivity contribution in [3.8, 4) is 0 Å². The van der Waals surface area contributed by atoms with Crippen LogP contribution in [0.5, 0.6) is 0 Å². The van der Waals surface area contributed by atoms with Gasteiger partial charge in [0.15, 0.2) is 0 Å². The molecule has 0 saturated carbocycles. The van der Waals surface area contributed by atoms with Gasteiger partial charge in [-0.3, -0.25) is 0 Å². The molecule has 1 saturated heterocycles. The van der Waals surface area contributed by atoms with Gasteiger partial charge in [0.2, 0.25) is 0 Å². The third-order valence-electron chi connectivity index (χ3n) is 4.87. The summed E-state index contributed by atoms with van der Waals surface area (Å²) in [6.07, 6.45) is 19.0. The van der Waals surface area contributed by atoms with E-state index in [0.717, 1.165) is 6.04 Å². The second-order valence-corrected chi connectivity index (χ2v) is 6.61. The summed E-state index contributed by atoms with van der Waals surface area (Å²) < 4.78 is 0. The molecule has 0 radical (unpaired) electrons. The first kappa shape index (κ1) is 19.9. The molecule has 2 heteroatoms. The van der Waals surface area contributed by atoms with Crippen LogP contribution in [-0.2, 0) is 0 Å². The summed E-state index contributed by atoms with van der Waals surface area (Å²) in [5, 5.41) is 0. The van der Waals surface area contributed by atoms with E-state index in [-0.39, 0.29) is 4.70 Å². The summed E-state index contributed by atoms with van der Waals surface area (Å²) in [5.74, 6) is 0. The number of hydrogen-bond acceptors (Lipinski definition) is 0. The Bertz CT molecular complexity index is 194. The highest BCUT2D eigenvalue weighted by Gasteiger charge is 2.24. The monoisotopic (exact) mass is 287 g/mol. The number of rotatable bonds is 11. The van der Waals surface area contributed by atoms with E-state index in [4.69, 9.17) is 0 Å². The molecule has 0 amide bonds. The maximum atomic E-state index is 2.35. The molecule has 0 aromatic heterocycles. The van der Waals surface area contributed by atoms with Crippen LogP contribution >= 0.6 is 0 Å². The zero-order valence-electron chi connectivity index (χ0n) is 14.1. The van der Waals surface area contributed by atoms with Gasteiger partial charge in [0.25, 0.3) is 0 Å². The fourth-order valence-electron chi connectivity index (χ4n) is 3.66. The van der Waals surface area contributed by atoms with E-state index < -0.39 is 0 Å². The smallest absolute Gasteiger partial charge is 0.0874 e. The van der Waals surface area contributed by atoms with E-state index in [0.29, 0.717) is 0 Å². The molecule has 2 unspecified atom stereocenters. The molecule has 1 heterocycles. The van der Waals surface area contributed by atoms with E-state index in [1.165, 1.54) is 96.6 Å². The quantitative estimate of drug-likeness (QED) is 0.548. The summed E-state index contributed by atoms with van der Waals surface area (Å²) in [6, 6.07) is 1.00. The van der Waals surface area contributed by atoms with Crippen molar-refractivity contribution in [2.24, 2.45) is 0 Å². The number of unbranched alkanes of at least 4 members (excludes halogenated alkanes) is 7. The molecule has 1 fully saturated rings. The van der Waals surface area contributed by atoms with Gasteiger partial charge in [-0.25, -0.2) is 0 Å². The van der Waals surface area contributed by atoms with Gasteiger partial charge in [0.1, 0.15) is 0 Å². The normalized spacial score (nSPS) is 22.5. The third-order valence-corrected chi connectivity index (χ3v) is 4.87. The van der Waals surface area contributed by atoms with Gasteiger partial charge in [-0.1, -0.05) is 58.8 Å². The lowest BCUT2D eigenvalue weighted by atomic mass is 9.97. The van der Waals surface area contributed by atoms with E-state index in [1.807, 2.05) is 4.90 Å². The van der Waals surface area contributed by atoms with Crippen LogP contribution in [0.3, 0.4) is 0 Å². The van der Waals surface area contributed by atoms with Crippen LogP contribution in [-0.4, -0.2) is 19.1 Å². The van der Waals surface area contributed by atoms with Gasteiger partial charge < -0.3 is 9.60 Å². The molecule has 20 heavy (non-hydrogen) atoms. The predicted octanol–water partition coefficient (Wildman–Crippen LogP) is 1.37. The second kappa shape index (κ2) is 13.9. The number of piperidine rings is 1. The molecular weight excluding hydrogens is 249 g/mol. The van der Waals surface area contributed by atoms with Crippen molar-refractivity contribution < 1.29 is 9.60 Å². The molecule has 0 spiro atoms. The maximum absolute atomic E-state index is 2.35. The van der Waals surface area contributed by atoms with Crippen LogP contribution in [0.4, 0.5) is 0 Å². The van der Waals surface area contributed by atoms with Crippen LogP contribution in [0.1, 0.15) is 97.3 Å². The molecule has 1 rings (SSSR count). The first-order valence-corrected chi connectivity index (χ1v) is 9.23. The van der Waals surface area contributed by atoms with E-state index >= 15 is 0 Å². The third kappa shape index (κ3) is 8.94. The molecule has 1 aliphatic heterocycles. The Balaban J connectivity index is 0.00000361. The van der Waals surface area contributed by atoms with E-state index in [2.05, 4.69) is 13.8 Å². The first-order chi connectivity index (χ1) is 9.38. The van der Waals surface area contributed by atoms with Gasteiger partial charge >= 0.3 is 0 Å². The highest BCUT2D eigenvalue weighted by Crippen LogP contribution is 2.10. The topological polar surface area (TPSA) is 4.44 Å². The predicted molar refractivity (Wildman–Crippen MR) is 85.9 cm³/mol. The lowest BCUT2D eigenvalue weighted by Gasteiger charge is -2.32. The number of hydrogen-bond donors (Lipinski definition) is 1. The standard InChI is InChI=1S/C18H37N.FH/c1-3-5-6-7-8-9-10-12-16-19-17-13-11-15-18(19)14-4-2;/h18H,3-17H2,1-2H3;1H. The molecule has 1 N–H and O–H groups in total. The van der Waals surface area contributed by atoms with Gasteiger partial charge in [0, 0.05) is 0 Å². The molecule has 0 aliphatic carbocycles. The molecule has 2 atom stereocenters. The van der Waals surface area contributed by atoms with Gasteiger partial charge in [0.05, 0.1) is 19.1 Å². The van der Waals surface area contributed by atoms with Crippen LogP contribution in [0.25, 0.3) is 0 Å². The Morgan fingerprint density at radius 2 is 1.45 bits per heavy atom. The van der Waals surface area contributed by atoms with Crippen molar-refractivity contribution in [1.29, 1.82) is 0 Å². The lowest BCUT2D eigenvalue weighted by Crippen LogP contribution is -3.16. The van der Waals surface area contributed by atoms with Crippen molar-refractivity contribution >= 4 is 0 Å². The average Bonchev–Trinajstić information content (AvgIpc) is 2.44. The van der Waals surface area contributed by atoms with Crippen LogP contribution in [0, 0.1) is 0 Å². The zero-order valence-corrected chi connectivity index (χ0v) is 14.1. The Morgan fingerprint density at radius 1 is 0.800 bits per heavy atom. The lowest BCUT2D eigenvalue weighted by molar-refractivity contribution is -0.931. The summed E-state index contributed by atoms with van der Waals surface area (Å²) in [6.45, 7) is 7.57. The largest absolute Gasteiger partial charge is 1.00 e. The van der Waals surface area contributed by atoms with Gasteiger partial charge in [-0.15, -0.1) is 0 Å². The van der Waals surface area contributed by atoms with Crippen molar-refractivity contribution in [2.45, 2.75) is 103 Å². The van der Waals surface area contributed by atoms with Gasteiger partial charge in [-0.05, 0) is 38.5 Å². The van der Waals surface area contributed by atoms with Crippen LogP contribution < -0.4 is 9.60 Å². The molecule has 0 bridgehead atoms.